The molecule has 2 aromatic carbocycles. The number of non-ortho nitro benzene ring substituents is 1. The second-order valence-corrected chi connectivity index (χ2v) is 7.51. The van der Waals surface area contributed by atoms with Crippen LogP contribution >= 0.6 is 0 Å². The van der Waals surface area contributed by atoms with Crippen molar-refractivity contribution < 1.29 is 33.1 Å². The molecule has 0 atom stereocenters. The molecule has 0 aromatic heterocycles. The smallest absolute Gasteiger partial charge is 0.337 e. The molecule has 0 aliphatic heterocycles. The number of rotatable bonds is 9. The van der Waals surface area contributed by atoms with Gasteiger partial charge in [0.2, 0.25) is 0 Å². The van der Waals surface area contributed by atoms with Crippen molar-refractivity contribution in [3.8, 4) is 0 Å². The van der Waals surface area contributed by atoms with Crippen molar-refractivity contribution in [1.29, 1.82) is 0 Å². The first-order chi connectivity index (χ1) is 13.1. The second kappa shape index (κ2) is 8.48. The largest absolute Gasteiger partial charge is 0.481 e. The predicted octanol–water partition coefficient (Wildman–Crippen LogP) is 2.35. The first-order valence-corrected chi connectivity index (χ1v) is 9.40. The summed E-state index contributed by atoms with van der Waals surface area (Å²) in [6, 6.07) is 9.68. The number of carboxylic acid groups (broad SMARTS) is 2. The van der Waals surface area contributed by atoms with Crippen molar-refractivity contribution in [2.45, 2.75) is 17.7 Å². The Morgan fingerprint density at radius 2 is 1.75 bits per heavy atom. The molecule has 0 aliphatic carbocycles. The highest BCUT2D eigenvalue weighted by atomic mass is 32.2. The lowest BCUT2D eigenvalue weighted by atomic mass is 10.1. The summed E-state index contributed by atoms with van der Waals surface area (Å²) in [4.78, 5) is 32.1. The molecule has 0 heterocycles. The van der Waals surface area contributed by atoms with Crippen LogP contribution < -0.4 is 4.31 Å². The van der Waals surface area contributed by atoms with Crippen LogP contribution in [0.3, 0.4) is 0 Å². The predicted molar refractivity (Wildman–Crippen MR) is 97.9 cm³/mol. The highest BCUT2D eigenvalue weighted by Crippen LogP contribution is 2.29. The molecule has 0 radical (unpaired) electrons. The van der Waals surface area contributed by atoms with Crippen molar-refractivity contribution in [3.05, 3.63) is 64.2 Å². The summed E-state index contributed by atoms with van der Waals surface area (Å²) in [5, 5.41) is 29.2. The Kier molecular flexibility index (Phi) is 6.31. The number of carboxylic acids is 2. The van der Waals surface area contributed by atoms with E-state index in [1.54, 1.807) is 0 Å². The second-order valence-electron chi connectivity index (χ2n) is 5.65. The Balaban J connectivity index is 2.58. The molecule has 0 fully saturated rings. The molecule has 28 heavy (non-hydrogen) atoms. The van der Waals surface area contributed by atoms with Crippen LogP contribution in [0.15, 0.2) is 53.4 Å². The molecule has 0 spiro atoms. The SMILES string of the molecule is O=C(O)CCCN(c1ccccc1C(=O)O)S(=O)(=O)c1cccc([N+](=O)[O-])c1. The van der Waals surface area contributed by atoms with Gasteiger partial charge < -0.3 is 10.2 Å². The molecule has 10 nitrogen and oxygen atoms in total. The number of nitro groups is 1. The number of para-hydroxylation sites is 1. The molecule has 0 bridgehead atoms. The average molecular weight is 408 g/mol. The summed E-state index contributed by atoms with van der Waals surface area (Å²) in [6.45, 7) is -0.318. The van der Waals surface area contributed by atoms with Crippen LogP contribution in [0.25, 0.3) is 0 Å². The van der Waals surface area contributed by atoms with E-state index in [1.165, 1.54) is 30.3 Å². The Morgan fingerprint density at radius 1 is 1.07 bits per heavy atom. The topological polar surface area (TPSA) is 155 Å². The van der Waals surface area contributed by atoms with Gasteiger partial charge in [-0.1, -0.05) is 18.2 Å². The van der Waals surface area contributed by atoms with Crippen LogP contribution in [0.1, 0.15) is 23.2 Å². The van der Waals surface area contributed by atoms with Gasteiger partial charge in [0.25, 0.3) is 15.7 Å². The number of anilines is 1. The lowest BCUT2D eigenvalue weighted by molar-refractivity contribution is -0.385. The van der Waals surface area contributed by atoms with E-state index in [0.717, 1.165) is 22.5 Å². The minimum Gasteiger partial charge on any atom is -0.481 e. The first-order valence-electron chi connectivity index (χ1n) is 7.96. The highest BCUT2D eigenvalue weighted by Gasteiger charge is 2.29. The maximum absolute atomic E-state index is 13.1. The quantitative estimate of drug-likeness (QED) is 0.473. The fourth-order valence-electron chi connectivity index (χ4n) is 2.50. The summed E-state index contributed by atoms with van der Waals surface area (Å²) in [5.74, 6) is -2.51. The highest BCUT2D eigenvalue weighted by molar-refractivity contribution is 7.92. The molecule has 0 unspecified atom stereocenters. The third-order valence-electron chi connectivity index (χ3n) is 3.77. The minimum atomic E-state index is -4.39. The zero-order valence-corrected chi connectivity index (χ0v) is 15.2. The Hall–Kier alpha value is -3.47. The van der Waals surface area contributed by atoms with E-state index in [4.69, 9.17) is 5.11 Å². The lowest BCUT2D eigenvalue weighted by Gasteiger charge is -2.25. The summed E-state index contributed by atoms with van der Waals surface area (Å²) in [6.07, 6.45) is -0.423. The average Bonchev–Trinajstić information content (AvgIpc) is 2.65. The maximum Gasteiger partial charge on any atom is 0.337 e. The van der Waals surface area contributed by atoms with Gasteiger partial charge in [0.05, 0.1) is 21.1 Å². The van der Waals surface area contributed by atoms with Crippen molar-refractivity contribution in [1.82, 2.24) is 0 Å². The van der Waals surface area contributed by atoms with Gasteiger partial charge in [-0.2, -0.15) is 0 Å². The summed E-state index contributed by atoms with van der Waals surface area (Å²) in [5.41, 5.74) is -0.906. The standard InChI is InChI=1S/C17H16N2O8S/c20-16(21)9-4-10-18(15-8-2-1-7-14(15)17(22)23)28(26,27)13-6-3-5-12(11-13)19(24)25/h1-3,5-8,11H,4,9-10H2,(H,20,21)(H,22,23). The summed E-state index contributed by atoms with van der Waals surface area (Å²) >= 11 is 0. The monoisotopic (exact) mass is 408 g/mol. The van der Waals surface area contributed by atoms with Gasteiger partial charge in [-0.15, -0.1) is 0 Å². The van der Waals surface area contributed by atoms with Crippen molar-refractivity contribution in [3.63, 3.8) is 0 Å². The van der Waals surface area contributed by atoms with Crippen LogP contribution in [-0.2, 0) is 14.8 Å². The maximum atomic E-state index is 13.1. The van der Waals surface area contributed by atoms with Crippen LogP contribution in [0, 0.1) is 10.1 Å². The molecular weight excluding hydrogens is 392 g/mol. The normalized spacial score (nSPS) is 11.0. The Labute approximate surface area is 159 Å². The number of hydrogen-bond acceptors (Lipinski definition) is 6. The molecule has 148 valence electrons. The number of nitrogens with zero attached hydrogens (tertiary/aromatic N) is 2. The number of benzene rings is 2. The Morgan fingerprint density at radius 3 is 2.36 bits per heavy atom. The molecule has 2 N–H and O–H groups in total. The third-order valence-corrected chi connectivity index (χ3v) is 5.58. The zero-order valence-electron chi connectivity index (χ0n) is 14.4. The van der Waals surface area contributed by atoms with Gasteiger partial charge >= 0.3 is 11.9 Å². The van der Waals surface area contributed by atoms with Crippen molar-refractivity contribution >= 4 is 33.3 Å². The lowest BCUT2D eigenvalue weighted by Crippen LogP contribution is -2.33. The van der Waals surface area contributed by atoms with Crippen molar-refractivity contribution in [2.24, 2.45) is 0 Å². The van der Waals surface area contributed by atoms with E-state index in [-0.39, 0.29) is 30.6 Å². The summed E-state index contributed by atoms with van der Waals surface area (Å²) in [7, 11) is -4.39. The molecule has 11 heteroatoms. The molecule has 0 aliphatic rings. The number of hydrogen-bond donors (Lipinski definition) is 2. The molecule has 0 saturated heterocycles. The van der Waals surface area contributed by atoms with Gasteiger partial charge in [-0.3, -0.25) is 19.2 Å². The molecule has 2 rings (SSSR count). The van der Waals surface area contributed by atoms with Gasteiger partial charge in [0.15, 0.2) is 0 Å². The van der Waals surface area contributed by atoms with Crippen LogP contribution in [0.4, 0.5) is 11.4 Å². The number of aliphatic carboxylic acids is 1. The van der Waals surface area contributed by atoms with Crippen molar-refractivity contribution in [2.75, 3.05) is 10.8 Å². The van der Waals surface area contributed by atoms with Crippen LogP contribution in [-0.4, -0.2) is 42.0 Å². The van der Waals surface area contributed by atoms with E-state index in [9.17, 15) is 33.2 Å². The fraction of sp³-hybridized carbons (Fsp3) is 0.176. The third kappa shape index (κ3) is 4.62. The zero-order chi connectivity index (χ0) is 20.9. The molecule has 2 aromatic rings. The van der Waals surface area contributed by atoms with E-state index < -0.39 is 37.5 Å². The van der Waals surface area contributed by atoms with E-state index in [1.807, 2.05) is 0 Å². The van der Waals surface area contributed by atoms with E-state index in [0.29, 0.717) is 0 Å². The van der Waals surface area contributed by atoms with Gasteiger partial charge in [-0.05, 0) is 24.6 Å². The Bertz CT molecular complexity index is 1020. The van der Waals surface area contributed by atoms with Crippen LogP contribution in [0.2, 0.25) is 0 Å². The number of carbonyl (C=O) groups is 2. The number of sulfonamides is 1. The molecular formula is C17H16N2O8S. The van der Waals surface area contributed by atoms with Gasteiger partial charge in [0, 0.05) is 25.1 Å². The molecule has 0 amide bonds. The first kappa shape index (κ1) is 20.8. The van der Waals surface area contributed by atoms with Gasteiger partial charge in [-0.25, -0.2) is 13.2 Å². The molecule has 0 saturated carbocycles. The fourth-order valence-corrected chi connectivity index (χ4v) is 4.06. The van der Waals surface area contributed by atoms with E-state index in [2.05, 4.69) is 0 Å². The number of aromatic carboxylic acids is 1. The van der Waals surface area contributed by atoms with Crippen LogP contribution in [0.5, 0.6) is 0 Å². The summed E-state index contributed by atoms with van der Waals surface area (Å²) < 4.78 is 27.0. The number of nitro benzene ring substituents is 1. The van der Waals surface area contributed by atoms with E-state index >= 15 is 0 Å². The minimum absolute atomic E-state index is 0.0859. The van der Waals surface area contributed by atoms with Gasteiger partial charge in [0.1, 0.15) is 0 Å².